The van der Waals surface area contributed by atoms with Gasteiger partial charge in [-0.05, 0) is 19.1 Å². The van der Waals surface area contributed by atoms with Gasteiger partial charge < -0.3 is 15.0 Å². The first kappa shape index (κ1) is 13.0. The summed E-state index contributed by atoms with van der Waals surface area (Å²) < 4.78 is 21.0. The molecule has 2 rings (SSSR count). The van der Waals surface area contributed by atoms with Crippen LogP contribution in [0.1, 0.15) is 12.7 Å². The van der Waals surface area contributed by atoms with E-state index in [4.69, 9.17) is 10.5 Å². The first-order valence-electron chi connectivity index (χ1n) is 6.08. The van der Waals surface area contributed by atoms with Crippen molar-refractivity contribution in [2.75, 3.05) is 13.2 Å². The summed E-state index contributed by atoms with van der Waals surface area (Å²) in [7, 11) is 1.88. The minimum atomic E-state index is -0.296. The van der Waals surface area contributed by atoms with Crippen molar-refractivity contribution >= 4 is 11.0 Å². The summed E-state index contributed by atoms with van der Waals surface area (Å²) in [4.78, 5) is 4.33. The van der Waals surface area contributed by atoms with Gasteiger partial charge in [-0.1, -0.05) is 6.07 Å². The summed E-state index contributed by atoms with van der Waals surface area (Å²) in [5, 5.41) is 0. The Labute approximate surface area is 106 Å². The van der Waals surface area contributed by atoms with Gasteiger partial charge >= 0.3 is 0 Å². The zero-order chi connectivity index (χ0) is 13.1. The Morgan fingerprint density at radius 2 is 2.28 bits per heavy atom. The highest BCUT2D eigenvalue weighted by atomic mass is 19.1. The highest BCUT2D eigenvalue weighted by molar-refractivity contribution is 5.76. The zero-order valence-corrected chi connectivity index (χ0v) is 10.7. The van der Waals surface area contributed by atoms with Crippen molar-refractivity contribution in [3.63, 3.8) is 0 Å². The van der Waals surface area contributed by atoms with Crippen molar-refractivity contribution in [1.82, 2.24) is 9.55 Å². The van der Waals surface area contributed by atoms with Crippen LogP contribution in [-0.4, -0.2) is 28.8 Å². The van der Waals surface area contributed by atoms with Crippen molar-refractivity contribution in [1.29, 1.82) is 0 Å². The molecule has 4 nitrogen and oxygen atoms in total. The van der Waals surface area contributed by atoms with Crippen LogP contribution in [0.3, 0.4) is 0 Å². The summed E-state index contributed by atoms with van der Waals surface area (Å²) >= 11 is 0. The Morgan fingerprint density at radius 1 is 1.50 bits per heavy atom. The third-order valence-electron chi connectivity index (χ3n) is 3.03. The number of halogens is 1. The Hall–Kier alpha value is -1.46. The number of hydrogen-bond acceptors (Lipinski definition) is 3. The van der Waals surface area contributed by atoms with Crippen molar-refractivity contribution in [3.05, 3.63) is 29.8 Å². The average molecular weight is 251 g/mol. The molecular formula is C13H18FN3O. The lowest BCUT2D eigenvalue weighted by molar-refractivity contribution is 0.0677. The van der Waals surface area contributed by atoms with Crippen molar-refractivity contribution < 1.29 is 9.13 Å². The number of imidazole rings is 1. The molecule has 0 aliphatic rings. The van der Waals surface area contributed by atoms with Crippen LogP contribution < -0.4 is 5.73 Å². The Balaban J connectivity index is 2.34. The van der Waals surface area contributed by atoms with E-state index in [9.17, 15) is 4.39 Å². The summed E-state index contributed by atoms with van der Waals surface area (Å²) in [5.74, 6) is 0.494. The molecular weight excluding hydrogens is 233 g/mol. The van der Waals surface area contributed by atoms with Gasteiger partial charge in [0.05, 0.1) is 11.6 Å². The molecule has 18 heavy (non-hydrogen) atoms. The van der Waals surface area contributed by atoms with Gasteiger partial charge in [0.2, 0.25) is 0 Å². The lowest BCUT2D eigenvalue weighted by Gasteiger charge is -2.14. The van der Waals surface area contributed by atoms with Gasteiger partial charge in [0, 0.05) is 26.6 Å². The molecule has 0 spiro atoms. The van der Waals surface area contributed by atoms with Crippen LogP contribution in [0.25, 0.3) is 11.0 Å². The maximum atomic E-state index is 13.6. The number of para-hydroxylation sites is 1. The van der Waals surface area contributed by atoms with Gasteiger partial charge in [0.25, 0.3) is 0 Å². The fourth-order valence-electron chi connectivity index (χ4n) is 2.06. The van der Waals surface area contributed by atoms with Crippen molar-refractivity contribution in [3.8, 4) is 0 Å². The lowest BCUT2D eigenvalue weighted by Crippen LogP contribution is -2.27. The van der Waals surface area contributed by atoms with Gasteiger partial charge in [0.1, 0.15) is 11.3 Å². The molecule has 1 aromatic heterocycles. The number of aromatic nitrogens is 2. The second-order valence-corrected chi connectivity index (χ2v) is 4.21. The molecule has 2 N–H and O–H groups in total. The summed E-state index contributed by atoms with van der Waals surface area (Å²) in [6.45, 7) is 2.97. The second-order valence-electron chi connectivity index (χ2n) is 4.21. The predicted octanol–water partition coefficient (Wildman–Crippen LogP) is 1.62. The Kier molecular flexibility index (Phi) is 3.93. The maximum Gasteiger partial charge on any atom is 0.151 e. The van der Waals surface area contributed by atoms with Crippen molar-refractivity contribution in [2.45, 2.75) is 19.4 Å². The van der Waals surface area contributed by atoms with Gasteiger partial charge in [-0.15, -0.1) is 0 Å². The van der Waals surface area contributed by atoms with Crippen LogP contribution in [0.15, 0.2) is 18.2 Å². The number of rotatable bonds is 5. The molecule has 0 aliphatic heterocycles. The molecule has 98 valence electrons. The van der Waals surface area contributed by atoms with E-state index in [1.165, 1.54) is 6.07 Å². The Morgan fingerprint density at radius 3 is 2.89 bits per heavy atom. The third kappa shape index (κ3) is 2.37. The second kappa shape index (κ2) is 5.46. The van der Waals surface area contributed by atoms with E-state index in [-0.39, 0.29) is 11.9 Å². The van der Waals surface area contributed by atoms with Gasteiger partial charge in [-0.2, -0.15) is 0 Å². The number of benzene rings is 1. The summed E-state index contributed by atoms with van der Waals surface area (Å²) in [5.41, 5.74) is 6.84. The minimum Gasteiger partial charge on any atom is -0.377 e. The molecule has 0 aliphatic carbocycles. The molecule has 5 heteroatoms. The topological polar surface area (TPSA) is 53.1 Å². The average Bonchev–Trinajstić information content (AvgIpc) is 2.68. The SMILES string of the molecule is CCOC(CN)Cc1nc2c(F)cccc2n1C. The van der Waals surface area contributed by atoms with E-state index >= 15 is 0 Å². The van der Waals surface area contributed by atoms with Crippen molar-refractivity contribution in [2.24, 2.45) is 12.8 Å². The molecule has 2 aromatic rings. The lowest BCUT2D eigenvalue weighted by atomic mass is 10.2. The van der Waals surface area contributed by atoms with Crippen LogP contribution in [0.4, 0.5) is 4.39 Å². The smallest absolute Gasteiger partial charge is 0.151 e. The predicted molar refractivity (Wildman–Crippen MR) is 68.8 cm³/mol. The van der Waals surface area contributed by atoms with Gasteiger partial charge in [-0.25, -0.2) is 9.37 Å². The van der Waals surface area contributed by atoms with Gasteiger partial charge in [0.15, 0.2) is 5.82 Å². The first-order chi connectivity index (χ1) is 8.67. The highest BCUT2D eigenvalue weighted by Gasteiger charge is 2.15. The van der Waals surface area contributed by atoms with E-state index in [1.54, 1.807) is 6.07 Å². The van der Waals surface area contributed by atoms with Crippen LogP contribution in [0.5, 0.6) is 0 Å². The van der Waals surface area contributed by atoms with Gasteiger partial charge in [-0.3, -0.25) is 0 Å². The van der Waals surface area contributed by atoms with E-state index in [0.717, 1.165) is 11.3 Å². The molecule has 0 saturated carbocycles. The molecule has 1 heterocycles. The standard InChI is InChI=1S/C13H18FN3O/c1-3-18-9(8-15)7-12-16-13-10(14)5-4-6-11(13)17(12)2/h4-6,9H,3,7-8,15H2,1-2H3. The molecule has 1 unspecified atom stereocenters. The monoisotopic (exact) mass is 251 g/mol. The number of nitrogens with zero attached hydrogens (tertiary/aromatic N) is 2. The number of hydrogen-bond donors (Lipinski definition) is 1. The van der Waals surface area contributed by atoms with E-state index in [2.05, 4.69) is 4.98 Å². The quantitative estimate of drug-likeness (QED) is 0.878. The van der Waals surface area contributed by atoms with E-state index < -0.39 is 0 Å². The zero-order valence-electron chi connectivity index (χ0n) is 10.7. The Bertz CT molecular complexity index is 538. The minimum absolute atomic E-state index is 0.0754. The largest absolute Gasteiger partial charge is 0.377 e. The molecule has 0 bridgehead atoms. The molecule has 0 radical (unpaired) electrons. The molecule has 0 fully saturated rings. The van der Waals surface area contributed by atoms with Crippen LogP contribution in [0.2, 0.25) is 0 Å². The molecule has 1 aromatic carbocycles. The van der Waals surface area contributed by atoms with Crippen LogP contribution in [-0.2, 0) is 18.2 Å². The first-order valence-corrected chi connectivity index (χ1v) is 6.08. The van der Waals surface area contributed by atoms with Crippen LogP contribution in [0, 0.1) is 5.82 Å². The number of nitrogens with two attached hydrogens (primary N) is 1. The fraction of sp³-hybridized carbons (Fsp3) is 0.462. The summed E-state index contributed by atoms with van der Waals surface area (Å²) in [6, 6.07) is 4.96. The normalized spacial score (nSPS) is 13.1. The number of fused-ring (bicyclic) bond motifs is 1. The van der Waals surface area contributed by atoms with E-state index in [1.807, 2.05) is 24.6 Å². The van der Waals surface area contributed by atoms with E-state index in [0.29, 0.717) is 25.1 Å². The molecule has 0 amide bonds. The summed E-state index contributed by atoms with van der Waals surface area (Å²) in [6.07, 6.45) is 0.517. The highest BCUT2D eigenvalue weighted by Crippen LogP contribution is 2.19. The molecule has 0 saturated heterocycles. The number of ether oxygens (including phenoxy) is 1. The number of aryl methyl sites for hydroxylation is 1. The van der Waals surface area contributed by atoms with Crippen LogP contribution >= 0.6 is 0 Å². The molecule has 1 atom stereocenters. The third-order valence-corrected chi connectivity index (χ3v) is 3.03. The fourth-order valence-corrected chi connectivity index (χ4v) is 2.06. The maximum absolute atomic E-state index is 13.6.